The Morgan fingerprint density at radius 1 is 0.974 bits per heavy atom. The lowest BCUT2D eigenvalue weighted by Crippen LogP contribution is -2.40. The van der Waals surface area contributed by atoms with E-state index < -0.39 is 11.6 Å². The van der Waals surface area contributed by atoms with Crippen LogP contribution in [-0.4, -0.2) is 33.0 Å². The molecule has 0 aliphatic rings. The van der Waals surface area contributed by atoms with Crippen molar-refractivity contribution < 1.29 is 23.1 Å². The van der Waals surface area contributed by atoms with Gasteiger partial charge in [0.2, 0.25) is 11.8 Å². The first-order valence-corrected chi connectivity index (χ1v) is 13.2. The van der Waals surface area contributed by atoms with Crippen molar-refractivity contribution in [1.82, 2.24) is 14.9 Å². The van der Waals surface area contributed by atoms with E-state index in [1.165, 1.54) is 0 Å². The van der Waals surface area contributed by atoms with E-state index in [-0.39, 0.29) is 0 Å². The van der Waals surface area contributed by atoms with Crippen LogP contribution in [0.3, 0.4) is 0 Å². The maximum absolute atomic E-state index is 12.4. The number of hydrogen-bond acceptors (Lipinski definition) is 8. The molecule has 0 amide bonds. The van der Waals surface area contributed by atoms with Gasteiger partial charge in [-0.3, -0.25) is 4.90 Å². The van der Waals surface area contributed by atoms with Gasteiger partial charge in [-0.15, -0.1) is 0 Å². The molecule has 0 unspecified atom stereocenters. The molecule has 206 valence electrons. The highest BCUT2D eigenvalue weighted by Crippen LogP contribution is 2.30. The van der Waals surface area contributed by atoms with Crippen LogP contribution in [0.1, 0.15) is 60.5 Å². The van der Waals surface area contributed by atoms with Crippen LogP contribution < -0.4 is 4.74 Å². The lowest BCUT2D eigenvalue weighted by molar-refractivity contribution is -0.158. The molecule has 4 rings (SSSR count). The van der Waals surface area contributed by atoms with E-state index >= 15 is 0 Å². The smallest absolute Gasteiger partial charge is 0.349 e. The number of ether oxygens (including phenoxy) is 2. The number of carbonyl (C=O) groups excluding carboxylic acids is 1. The van der Waals surface area contributed by atoms with Crippen molar-refractivity contribution >= 4 is 5.97 Å². The van der Waals surface area contributed by atoms with Gasteiger partial charge in [0.25, 0.3) is 0 Å². The van der Waals surface area contributed by atoms with E-state index in [1.54, 1.807) is 27.0 Å². The summed E-state index contributed by atoms with van der Waals surface area (Å²) in [6, 6.07) is 14.1. The molecule has 0 atom stereocenters. The van der Waals surface area contributed by atoms with E-state index in [4.69, 9.17) is 23.3 Å². The van der Waals surface area contributed by atoms with E-state index in [2.05, 4.69) is 22.0 Å². The molecule has 0 N–H and O–H groups in total. The monoisotopic (exact) mass is 531 g/mol. The van der Waals surface area contributed by atoms with Crippen molar-refractivity contribution in [3.8, 4) is 17.2 Å². The fourth-order valence-electron chi connectivity index (χ4n) is 4.48. The third-order valence-corrected chi connectivity index (χ3v) is 6.36. The maximum atomic E-state index is 12.4. The van der Waals surface area contributed by atoms with Crippen molar-refractivity contribution in [2.45, 2.75) is 73.7 Å². The van der Waals surface area contributed by atoms with E-state index in [1.807, 2.05) is 58.0 Å². The second-order valence-corrected chi connectivity index (χ2v) is 10.3. The Balaban J connectivity index is 1.58. The zero-order valence-electron chi connectivity index (χ0n) is 23.8. The first-order valence-electron chi connectivity index (χ1n) is 13.2. The summed E-state index contributed by atoms with van der Waals surface area (Å²) < 4.78 is 23.0. The molecule has 2 aromatic carbocycles. The molecule has 0 radical (unpaired) electrons. The average Bonchev–Trinajstić information content (AvgIpc) is 3.46. The first-order chi connectivity index (χ1) is 18.6. The molecular formula is C31H37N3O5. The van der Waals surface area contributed by atoms with Gasteiger partial charge in [0.1, 0.15) is 17.8 Å². The first kappa shape index (κ1) is 28.1. The minimum Gasteiger partial charge on any atom is -0.476 e. The molecule has 8 heteroatoms. The molecule has 4 aromatic rings. The largest absolute Gasteiger partial charge is 0.476 e. The highest BCUT2D eigenvalue weighted by molar-refractivity contribution is 5.79. The van der Waals surface area contributed by atoms with Gasteiger partial charge in [-0.05, 0) is 77.3 Å². The summed E-state index contributed by atoms with van der Waals surface area (Å²) in [7, 11) is 0. The van der Waals surface area contributed by atoms with E-state index in [0.29, 0.717) is 43.8 Å². The summed E-state index contributed by atoms with van der Waals surface area (Å²) in [4.78, 5) is 23.9. The van der Waals surface area contributed by atoms with Crippen LogP contribution >= 0.6 is 0 Å². The molecule has 0 bridgehead atoms. The van der Waals surface area contributed by atoms with Crippen LogP contribution in [0.25, 0.3) is 11.5 Å². The number of esters is 1. The van der Waals surface area contributed by atoms with Crippen LogP contribution in [0, 0.1) is 27.7 Å². The summed E-state index contributed by atoms with van der Waals surface area (Å²) >= 11 is 0. The molecule has 2 heterocycles. The zero-order valence-corrected chi connectivity index (χ0v) is 23.8. The van der Waals surface area contributed by atoms with Gasteiger partial charge in [0.05, 0.1) is 24.5 Å². The SMILES string of the molecule is CCOC(=O)C(C)(C)Oc1c(C)cc(CN(Cc2nc(C)co2)Cc2nc(-c3ccccc3)oc2C)cc1C. The fraction of sp³-hybridized carbons (Fsp3) is 0.387. The summed E-state index contributed by atoms with van der Waals surface area (Å²) in [5.41, 5.74) is 4.53. The van der Waals surface area contributed by atoms with Gasteiger partial charge in [0.15, 0.2) is 5.60 Å². The van der Waals surface area contributed by atoms with Crippen molar-refractivity contribution in [3.05, 3.63) is 88.5 Å². The van der Waals surface area contributed by atoms with Crippen LogP contribution in [0.15, 0.2) is 57.6 Å². The van der Waals surface area contributed by atoms with Crippen molar-refractivity contribution in [2.75, 3.05) is 6.61 Å². The molecule has 0 saturated heterocycles. The summed E-state index contributed by atoms with van der Waals surface area (Å²) in [5.74, 6) is 2.32. The summed E-state index contributed by atoms with van der Waals surface area (Å²) in [6.07, 6.45) is 1.66. The topological polar surface area (TPSA) is 90.8 Å². The van der Waals surface area contributed by atoms with E-state index in [0.717, 1.165) is 39.4 Å². The molecule has 0 spiro atoms. The molecule has 39 heavy (non-hydrogen) atoms. The molecular weight excluding hydrogens is 494 g/mol. The van der Waals surface area contributed by atoms with Gasteiger partial charge in [-0.2, -0.15) is 0 Å². The predicted molar refractivity (Wildman–Crippen MR) is 148 cm³/mol. The second-order valence-electron chi connectivity index (χ2n) is 10.3. The minimum absolute atomic E-state index is 0.306. The Labute approximate surface area is 230 Å². The number of aryl methyl sites for hydroxylation is 4. The fourth-order valence-corrected chi connectivity index (χ4v) is 4.48. The van der Waals surface area contributed by atoms with Crippen LogP contribution in [-0.2, 0) is 29.2 Å². The Hall–Kier alpha value is -3.91. The van der Waals surface area contributed by atoms with Gasteiger partial charge in [-0.25, -0.2) is 14.8 Å². The quantitative estimate of drug-likeness (QED) is 0.203. The van der Waals surface area contributed by atoms with E-state index in [9.17, 15) is 4.79 Å². The number of rotatable bonds is 11. The predicted octanol–water partition coefficient (Wildman–Crippen LogP) is 6.49. The Morgan fingerprint density at radius 3 is 2.28 bits per heavy atom. The maximum Gasteiger partial charge on any atom is 0.349 e. The third-order valence-electron chi connectivity index (χ3n) is 6.36. The number of hydrogen-bond donors (Lipinski definition) is 0. The van der Waals surface area contributed by atoms with Crippen molar-refractivity contribution in [3.63, 3.8) is 0 Å². The highest BCUT2D eigenvalue weighted by Gasteiger charge is 2.32. The summed E-state index contributed by atoms with van der Waals surface area (Å²) in [6.45, 7) is 15.0. The Kier molecular flexibility index (Phi) is 8.55. The average molecular weight is 532 g/mol. The number of carbonyl (C=O) groups is 1. The Morgan fingerprint density at radius 2 is 1.67 bits per heavy atom. The van der Waals surface area contributed by atoms with Crippen LogP contribution in [0.2, 0.25) is 0 Å². The minimum atomic E-state index is -1.09. The Bertz CT molecular complexity index is 1400. The molecule has 0 aliphatic carbocycles. The molecule has 0 saturated carbocycles. The number of nitrogens with zero attached hydrogens (tertiary/aromatic N) is 3. The number of aromatic nitrogens is 2. The normalized spacial score (nSPS) is 11.7. The highest BCUT2D eigenvalue weighted by atomic mass is 16.6. The van der Waals surface area contributed by atoms with Crippen LogP contribution in [0.5, 0.6) is 5.75 Å². The van der Waals surface area contributed by atoms with Crippen LogP contribution in [0.4, 0.5) is 0 Å². The lowest BCUT2D eigenvalue weighted by atomic mass is 10.0. The van der Waals surface area contributed by atoms with Gasteiger partial charge in [0, 0.05) is 18.7 Å². The van der Waals surface area contributed by atoms with Crippen molar-refractivity contribution in [1.29, 1.82) is 0 Å². The van der Waals surface area contributed by atoms with Gasteiger partial charge >= 0.3 is 5.97 Å². The molecule has 0 aliphatic heterocycles. The lowest BCUT2D eigenvalue weighted by Gasteiger charge is -2.27. The van der Waals surface area contributed by atoms with Gasteiger partial charge < -0.3 is 18.3 Å². The second kappa shape index (κ2) is 11.9. The number of oxazole rings is 2. The molecule has 8 nitrogen and oxygen atoms in total. The third kappa shape index (κ3) is 6.95. The standard InChI is InChI=1S/C31H37N3O5/c1-8-36-30(35)31(6,7)39-28-20(2)14-24(15-21(28)3)16-34(18-27-32-22(4)19-37-27)17-26-23(5)38-29(33-26)25-12-10-9-11-13-25/h9-15,19H,8,16-18H2,1-7H3. The number of benzene rings is 2. The zero-order chi connectivity index (χ0) is 28.2. The molecule has 0 fully saturated rings. The summed E-state index contributed by atoms with van der Waals surface area (Å²) in [5, 5.41) is 0. The molecule has 2 aromatic heterocycles. The van der Waals surface area contributed by atoms with Crippen molar-refractivity contribution in [2.24, 2.45) is 0 Å². The van der Waals surface area contributed by atoms with Gasteiger partial charge in [-0.1, -0.05) is 30.3 Å².